The molecule has 0 saturated carbocycles. The minimum absolute atomic E-state index is 0.441. The van der Waals surface area contributed by atoms with Crippen LogP contribution in [0.1, 0.15) is 12.5 Å². The lowest BCUT2D eigenvalue weighted by Gasteiger charge is -2.20. The summed E-state index contributed by atoms with van der Waals surface area (Å²) in [6.45, 7) is 2.61. The summed E-state index contributed by atoms with van der Waals surface area (Å²) in [6, 6.07) is 46.9. The smallest absolute Gasteiger partial charge is 0.292 e. The standard InChI is InChI=1S/C35H28NO/c1-26-22-34(30-20-12-5-13-21-30)37-25-36(26)35-32(28-16-8-3-9-17-28)23-31(27-14-6-2-7-15-27)24-33(35)29-18-10-4-11-19-29/h2-24H,25H2,1H3/q+1. The van der Waals surface area contributed by atoms with E-state index in [0.717, 1.165) is 22.7 Å². The van der Waals surface area contributed by atoms with Crippen molar-refractivity contribution < 1.29 is 9.31 Å². The van der Waals surface area contributed by atoms with Crippen molar-refractivity contribution in [3.63, 3.8) is 0 Å². The van der Waals surface area contributed by atoms with Crippen molar-refractivity contribution in [3.8, 4) is 33.4 Å². The first-order valence-electron chi connectivity index (χ1n) is 12.6. The third kappa shape index (κ3) is 4.62. The molecular weight excluding hydrogens is 450 g/mol. The number of hydrogen-bond acceptors (Lipinski definition) is 1. The third-order valence-electron chi connectivity index (χ3n) is 6.83. The molecule has 0 aromatic heterocycles. The average Bonchev–Trinajstić information content (AvgIpc) is 2.98. The molecule has 0 amide bonds. The van der Waals surface area contributed by atoms with E-state index in [2.05, 4.69) is 133 Å². The fourth-order valence-corrected chi connectivity index (χ4v) is 4.95. The van der Waals surface area contributed by atoms with E-state index in [-0.39, 0.29) is 0 Å². The van der Waals surface area contributed by atoms with Crippen LogP contribution in [0.15, 0.2) is 140 Å². The summed E-state index contributed by atoms with van der Waals surface area (Å²) < 4.78 is 8.66. The maximum atomic E-state index is 6.36. The Morgan fingerprint density at radius 2 is 0.946 bits per heavy atom. The van der Waals surface area contributed by atoms with Gasteiger partial charge >= 0.3 is 0 Å². The molecule has 0 saturated heterocycles. The van der Waals surface area contributed by atoms with Crippen LogP contribution in [0, 0.1) is 0 Å². The number of hydrogen-bond donors (Lipinski definition) is 0. The molecule has 2 heteroatoms. The van der Waals surface area contributed by atoms with Gasteiger partial charge in [0.05, 0.1) is 11.1 Å². The van der Waals surface area contributed by atoms with Crippen LogP contribution in [0.25, 0.3) is 39.1 Å². The molecule has 5 aromatic rings. The zero-order valence-corrected chi connectivity index (χ0v) is 20.8. The van der Waals surface area contributed by atoms with Gasteiger partial charge in [0, 0.05) is 18.6 Å². The Labute approximate surface area is 218 Å². The fourth-order valence-electron chi connectivity index (χ4n) is 4.95. The Kier molecular flexibility index (Phi) is 6.22. The van der Waals surface area contributed by atoms with E-state index in [0.29, 0.717) is 6.73 Å². The zero-order chi connectivity index (χ0) is 25.0. The first-order chi connectivity index (χ1) is 18.3. The number of allylic oxidation sites excluding steroid dienone is 1. The van der Waals surface area contributed by atoms with Gasteiger partial charge in [-0.25, -0.2) is 0 Å². The number of nitrogens with zero attached hydrogens (tertiary/aromatic N) is 1. The van der Waals surface area contributed by atoms with Crippen LogP contribution in [-0.2, 0) is 4.74 Å². The molecule has 178 valence electrons. The second-order valence-electron chi connectivity index (χ2n) is 9.24. The van der Waals surface area contributed by atoms with Gasteiger partial charge < -0.3 is 4.74 Å². The van der Waals surface area contributed by atoms with Crippen LogP contribution in [-0.4, -0.2) is 17.0 Å². The average molecular weight is 479 g/mol. The van der Waals surface area contributed by atoms with Gasteiger partial charge in [0.1, 0.15) is 5.76 Å². The summed E-state index contributed by atoms with van der Waals surface area (Å²) in [5.74, 6) is 0.901. The highest BCUT2D eigenvalue weighted by atomic mass is 16.5. The predicted molar refractivity (Wildman–Crippen MR) is 154 cm³/mol. The van der Waals surface area contributed by atoms with Gasteiger partial charge in [-0.1, -0.05) is 121 Å². The van der Waals surface area contributed by atoms with E-state index in [1.165, 1.54) is 33.4 Å². The van der Waals surface area contributed by atoms with Crippen molar-refractivity contribution in [3.05, 3.63) is 145 Å². The Morgan fingerprint density at radius 3 is 1.41 bits per heavy atom. The summed E-state index contributed by atoms with van der Waals surface area (Å²) in [5.41, 5.74) is 10.5. The topological polar surface area (TPSA) is 12.2 Å². The van der Waals surface area contributed by atoms with Crippen LogP contribution in [0.2, 0.25) is 0 Å². The molecule has 1 aliphatic rings. The third-order valence-corrected chi connectivity index (χ3v) is 6.83. The number of benzene rings is 5. The summed E-state index contributed by atoms with van der Waals surface area (Å²) in [5, 5.41) is 0. The Balaban J connectivity index is 1.63. The Morgan fingerprint density at radius 1 is 0.514 bits per heavy atom. The molecule has 0 N–H and O–H groups in total. The molecule has 0 unspecified atom stereocenters. The van der Waals surface area contributed by atoms with E-state index in [1.807, 2.05) is 18.2 Å². The highest BCUT2D eigenvalue weighted by Crippen LogP contribution is 2.43. The lowest BCUT2D eigenvalue weighted by molar-refractivity contribution is -0.483. The van der Waals surface area contributed by atoms with Crippen molar-refractivity contribution in [1.82, 2.24) is 0 Å². The van der Waals surface area contributed by atoms with Gasteiger partial charge in [-0.15, -0.1) is 0 Å². The summed E-state index contributed by atoms with van der Waals surface area (Å²) in [7, 11) is 0. The molecule has 2 nitrogen and oxygen atoms in total. The van der Waals surface area contributed by atoms with Gasteiger partial charge in [-0.3, -0.25) is 0 Å². The molecule has 0 fully saturated rings. The number of ether oxygens (including phenoxy) is 1. The maximum Gasteiger partial charge on any atom is 0.292 e. The van der Waals surface area contributed by atoms with Gasteiger partial charge in [0.15, 0.2) is 5.71 Å². The zero-order valence-electron chi connectivity index (χ0n) is 20.8. The highest BCUT2D eigenvalue weighted by Gasteiger charge is 2.29. The molecule has 5 aromatic carbocycles. The van der Waals surface area contributed by atoms with Gasteiger partial charge in [-0.2, -0.15) is 4.58 Å². The molecule has 6 rings (SSSR count). The lowest BCUT2D eigenvalue weighted by Crippen LogP contribution is -2.22. The Bertz CT molecular complexity index is 1520. The van der Waals surface area contributed by atoms with E-state index in [9.17, 15) is 0 Å². The van der Waals surface area contributed by atoms with Crippen LogP contribution >= 0.6 is 0 Å². The normalized spacial score (nSPS) is 13.2. The van der Waals surface area contributed by atoms with E-state index in [4.69, 9.17) is 4.74 Å². The van der Waals surface area contributed by atoms with Crippen molar-refractivity contribution >= 4 is 17.2 Å². The molecule has 0 atom stereocenters. The SMILES string of the molecule is CC1=[N+](c2c(-c3ccccc3)cc(-c3ccccc3)cc2-c2ccccc2)COC(c2ccccc2)=C1. The molecule has 0 spiro atoms. The van der Waals surface area contributed by atoms with E-state index < -0.39 is 0 Å². The second kappa shape index (κ2) is 10.1. The van der Waals surface area contributed by atoms with Gasteiger partial charge in [-0.05, 0) is 34.4 Å². The summed E-state index contributed by atoms with van der Waals surface area (Å²) in [6.07, 6.45) is 2.15. The van der Waals surface area contributed by atoms with E-state index in [1.54, 1.807) is 0 Å². The van der Waals surface area contributed by atoms with E-state index >= 15 is 0 Å². The molecule has 37 heavy (non-hydrogen) atoms. The molecule has 0 radical (unpaired) electrons. The van der Waals surface area contributed by atoms with Crippen LogP contribution in [0.3, 0.4) is 0 Å². The van der Waals surface area contributed by atoms with Crippen LogP contribution < -0.4 is 0 Å². The number of rotatable bonds is 5. The lowest BCUT2D eigenvalue weighted by atomic mass is 9.90. The van der Waals surface area contributed by atoms with Crippen LogP contribution in [0.4, 0.5) is 5.69 Å². The fraction of sp³-hybridized carbons (Fsp3) is 0.0571. The largest absolute Gasteiger partial charge is 0.435 e. The molecular formula is C35H28NO+. The minimum Gasteiger partial charge on any atom is -0.435 e. The first kappa shape index (κ1) is 22.8. The highest BCUT2D eigenvalue weighted by molar-refractivity contribution is 5.98. The minimum atomic E-state index is 0.441. The summed E-state index contributed by atoms with van der Waals surface area (Å²) >= 11 is 0. The molecule has 1 heterocycles. The monoisotopic (exact) mass is 478 g/mol. The van der Waals surface area contributed by atoms with Crippen molar-refractivity contribution in [1.29, 1.82) is 0 Å². The maximum absolute atomic E-state index is 6.36. The van der Waals surface area contributed by atoms with Gasteiger partial charge in [0.2, 0.25) is 5.69 Å². The van der Waals surface area contributed by atoms with Crippen molar-refractivity contribution in [2.75, 3.05) is 6.73 Å². The molecule has 0 bridgehead atoms. The van der Waals surface area contributed by atoms with Gasteiger partial charge in [0.25, 0.3) is 6.73 Å². The van der Waals surface area contributed by atoms with Crippen LogP contribution in [0.5, 0.6) is 0 Å². The molecule has 1 aliphatic heterocycles. The first-order valence-corrected chi connectivity index (χ1v) is 12.6. The Hall–Kier alpha value is -4.69. The second-order valence-corrected chi connectivity index (χ2v) is 9.24. The summed E-state index contributed by atoms with van der Waals surface area (Å²) in [4.78, 5) is 0. The van der Waals surface area contributed by atoms with Crippen molar-refractivity contribution in [2.45, 2.75) is 6.92 Å². The predicted octanol–water partition coefficient (Wildman–Crippen LogP) is 8.82. The quantitative estimate of drug-likeness (QED) is 0.230. The molecule has 0 aliphatic carbocycles. The van der Waals surface area contributed by atoms with Crippen molar-refractivity contribution in [2.24, 2.45) is 0 Å².